The Morgan fingerprint density at radius 1 is 1.37 bits per heavy atom. The molecule has 0 fully saturated rings. The highest BCUT2D eigenvalue weighted by molar-refractivity contribution is 5.81. The number of aromatic amines is 1. The first-order valence-electron chi connectivity index (χ1n) is 5.63. The van der Waals surface area contributed by atoms with Gasteiger partial charge in [-0.2, -0.15) is 0 Å². The average Bonchev–Trinajstić information content (AvgIpc) is 2.35. The smallest absolute Gasteiger partial charge is 0.312 e. The number of fused-ring (bicyclic) bond motifs is 1. The van der Waals surface area contributed by atoms with Crippen LogP contribution in [0.1, 0.15) is 0 Å². The van der Waals surface area contributed by atoms with Gasteiger partial charge in [0.1, 0.15) is 0 Å². The Hall–Kier alpha value is -2.77. The molecule has 1 aromatic carbocycles. The number of anilines is 2. The predicted octanol–water partition coefficient (Wildman–Crippen LogP) is -0.415. The summed E-state index contributed by atoms with van der Waals surface area (Å²) in [5, 5.41) is 5.73. The molecule has 0 radical (unpaired) electrons. The second-order valence-electron chi connectivity index (χ2n) is 3.91. The lowest BCUT2D eigenvalue weighted by atomic mass is 10.2. The Labute approximate surface area is 108 Å². The number of hydrogen-bond acceptors (Lipinski definition) is 5. The van der Waals surface area contributed by atoms with E-state index >= 15 is 0 Å². The topological polar surface area (TPSA) is 139 Å². The van der Waals surface area contributed by atoms with Crippen molar-refractivity contribution in [3.8, 4) is 0 Å². The summed E-state index contributed by atoms with van der Waals surface area (Å²) in [5.74, 6) is 0.327. The molecule has 0 aliphatic heterocycles. The molecular weight excluding hydrogens is 248 g/mol. The largest absolute Gasteiger partial charge is 0.399 e. The molecule has 8 heteroatoms. The molecule has 1 aromatic heterocycles. The van der Waals surface area contributed by atoms with E-state index in [0.717, 1.165) is 0 Å². The van der Waals surface area contributed by atoms with Crippen LogP contribution in [0.5, 0.6) is 0 Å². The van der Waals surface area contributed by atoms with E-state index in [1.54, 1.807) is 18.2 Å². The highest BCUT2D eigenvalue weighted by Gasteiger charge is 2.03. The molecule has 8 nitrogen and oxygen atoms in total. The molecule has 0 atom stereocenters. The third-order valence-corrected chi connectivity index (χ3v) is 2.45. The van der Waals surface area contributed by atoms with Crippen molar-refractivity contribution in [2.24, 2.45) is 5.73 Å². The molecule has 0 aliphatic rings. The van der Waals surface area contributed by atoms with Gasteiger partial charge in [0.05, 0.1) is 10.9 Å². The van der Waals surface area contributed by atoms with Crippen LogP contribution in [0.4, 0.5) is 16.4 Å². The van der Waals surface area contributed by atoms with Gasteiger partial charge in [-0.05, 0) is 18.2 Å². The van der Waals surface area contributed by atoms with Gasteiger partial charge in [-0.15, -0.1) is 0 Å². The summed E-state index contributed by atoms with van der Waals surface area (Å²) in [5.41, 5.74) is 11.3. The summed E-state index contributed by atoms with van der Waals surface area (Å²) >= 11 is 0. The summed E-state index contributed by atoms with van der Waals surface area (Å²) in [4.78, 5) is 29.1. The second kappa shape index (κ2) is 5.25. The Morgan fingerprint density at radius 2 is 2.16 bits per heavy atom. The van der Waals surface area contributed by atoms with Crippen LogP contribution in [0.15, 0.2) is 23.0 Å². The SMILES string of the molecule is NC(=O)NCCNc1nc2ccc(N)cc2c(=O)[nH]1. The number of carbonyl (C=O) groups is 1. The molecule has 0 bridgehead atoms. The van der Waals surface area contributed by atoms with E-state index in [-0.39, 0.29) is 5.56 Å². The number of nitrogens with one attached hydrogen (secondary N) is 3. The van der Waals surface area contributed by atoms with Crippen LogP contribution in [0.2, 0.25) is 0 Å². The minimum absolute atomic E-state index is 0.275. The van der Waals surface area contributed by atoms with Crippen molar-refractivity contribution in [1.29, 1.82) is 0 Å². The lowest BCUT2D eigenvalue weighted by Crippen LogP contribution is -2.33. The van der Waals surface area contributed by atoms with Crippen molar-refractivity contribution >= 4 is 28.6 Å². The van der Waals surface area contributed by atoms with Crippen LogP contribution >= 0.6 is 0 Å². The van der Waals surface area contributed by atoms with E-state index in [1.165, 1.54) is 0 Å². The quantitative estimate of drug-likeness (QED) is 0.376. The molecule has 0 spiro atoms. The van der Waals surface area contributed by atoms with E-state index in [2.05, 4.69) is 20.6 Å². The van der Waals surface area contributed by atoms with Crippen molar-refractivity contribution in [2.45, 2.75) is 0 Å². The van der Waals surface area contributed by atoms with E-state index in [9.17, 15) is 9.59 Å². The molecule has 19 heavy (non-hydrogen) atoms. The summed E-state index contributed by atoms with van der Waals surface area (Å²) in [6.07, 6.45) is 0. The number of urea groups is 1. The maximum Gasteiger partial charge on any atom is 0.312 e. The number of rotatable bonds is 4. The zero-order chi connectivity index (χ0) is 13.8. The van der Waals surface area contributed by atoms with E-state index in [0.29, 0.717) is 35.6 Å². The van der Waals surface area contributed by atoms with Crippen LogP contribution in [-0.4, -0.2) is 29.1 Å². The Morgan fingerprint density at radius 3 is 2.89 bits per heavy atom. The van der Waals surface area contributed by atoms with Gasteiger partial charge in [0, 0.05) is 18.8 Å². The van der Waals surface area contributed by atoms with E-state index < -0.39 is 6.03 Å². The maximum atomic E-state index is 11.8. The number of aromatic nitrogens is 2. The molecule has 2 rings (SSSR count). The lowest BCUT2D eigenvalue weighted by Gasteiger charge is -2.06. The monoisotopic (exact) mass is 262 g/mol. The standard InChI is InChI=1S/C11H14N6O2/c12-6-1-2-8-7(5-6)9(18)17-11(16-8)15-4-3-14-10(13)19/h1-2,5H,3-4,12H2,(H3,13,14,19)(H2,15,16,17,18). The minimum atomic E-state index is -0.600. The first-order chi connectivity index (χ1) is 9.06. The first kappa shape index (κ1) is 12.7. The van der Waals surface area contributed by atoms with Crippen LogP contribution in [0.25, 0.3) is 10.9 Å². The van der Waals surface area contributed by atoms with Gasteiger partial charge < -0.3 is 22.1 Å². The summed E-state index contributed by atoms with van der Waals surface area (Å²) in [7, 11) is 0. The zero-order valence-electron chi connectivity index (χ0n) is 10.1. The first-order valence-corrected chi connectivity index (χ1v) is 5.63. The molecule has 7 N–H and O–H groups in total. The molecule has 1 heterocycles. The summed E-state index contributed by atoms with van der Waals surface area (Å²) in [6.45, 7) is 0.727. The predicted molar refractivity (Wildman–Crippen MR) is 72.9 cm³/mol. The summed E-state index contributed by atoms with van der Waals surface area (Å²) in [6, 6.07) is 4.32. The van der Waals surface area contributed by atoms with Crippen LogP contribution in [0.3, 0.4) is 0 Å². The van der Waals surface area contributed by atoms with Crippen LogP contribution < -0.4 is 27.7 Å². The van der Waals surface area contributed by atoms with Gasteiger partial charge >= 0.3 is 6.03 Å². The number of nitrogens with zero attached hydrogens (tertiary/aromatic N) is 1. The minimum Gasteiger partial charge on any atom is -0.399 e. The molecule has 2 amide bonds. The molecule has 0 saturated carbocycles. The fraction of sp³-hybridized carbons (Fsp3) is 0.182. The number of nitrogen functional groups attached to an aromatic ring is 1. The Kier molecular flexibility index (Phi) is 3.51. The van der Waals surface area contributed by atoms with Gasteiger partial charge in [0.15, 0.2) is 0 Å². The number of nitrogens with two attached hydrogens (primary N) is 2. The molecule has 0 saturated heterocycles. The molecule has 0 aliphatic carbocycles. The average molecular weight is 262 g/mol. The van der Waals surface area contributed by atoms with E-state index in [1.807, 2.05) is 0 Å². The fourth-order valence-electron chi connectivity index (χ4n) is 1.61. The highest BCUT2D eigenvalue weighted by atomic mass is 16.2. The number of hydrogen-bond donors (Lipinski definition) is 5. The lowest BCUT2D eigenvalue weighted by molar-refractivity contribution is 0.249. The molecule has 0 unspecified atom stereocenters. The molecular formula is C11H14N6O2. The van der Waals surface area contributed by atoms with Gasteiger partial charge in [0.2, 0.25) is 5.95 Å². The fourth-order valence-corrected chi connectivity index (χ4v) is 1.61. The van der Waals surface area contributed by atoms with Gasteiger partial charge in [-0.25, -0.2) is 9.78 Å². The third-order valence-electron chi connectivity index (χ3n) is 2.45. The number of H-pyrrole nitrogens is 1. The van der Waals surface area contributed by atoms with Crippen molar-refractivity contribution in [1.82, 2.24) is 15.3 Å². The normalized spacial score (nSPS) is 10.3. The van der Waals surface area contributed by atoms with Crippen LogP contribution in [0, 0.1) is 0 Å². The summed E-state index contributed by atoms with van der Waals surface area (Å²) < 4.78 is 0. The van der Waals surface area contributed by atoms with Gasteiger partial charge in [0.25, 0.3) is 5.56 Å². The molecule has 100 valence electrons. The number of benzene rings is 1. The Balaban J connectivity index is 2.15. The highest BCUT2D eigenvalue weighted by Crippen LogP contribution is 2.12. The third kappa shape index (κ3) is 3.12. The van der Waals surface area contributed by atoms with Gasteiger partial charge in [-0.1, -0.05) is 0 Å². The maximum absolute atomic E-state index is 11.8. The number of primary amides is 1. The van der Waals surface area contributed by atoms with Crippen LogP contribution in [-0.2, 0) is 0 Å². The van der Waals surface area contributed by atoms with Crippen molar-refractivity contribution in [3.63, 3.8) is 0 Å². The van der Waals surface area contributed by atoms with E-state index in [4.69, 9.17) is 11.5 Å². The van der Waals surface area contributed by atoms with Crippen molar-refractivity contribution < 1.29 is 4.79 Å². The number of carbonyl (C=O) groups excluding carboxylic acids is 1. The van der Waals surface area contributed by atoms with Crippen molar-refractivity contribution in [3.05, 3.63) is 28.6 Å². The van der Waals surface area contributed by atoms with Gasteiger partial charge in [-0.3, -0.25) is 9.78 Å². The van der Waals surface area contributed by atoms with Crippen molar-refractivity contribution in [2.75, 3.05) is 24.1 Å². The zero-order valence-corrected chi connectivity index (χ0v) is 10.1. The molecule has 2 aromatic rings. The second-order valence-corrected chi connectivity index (χ2v) is 3.91. The Bertz CT molecular complexity index is 666. The number of amides is 2.